The lowest BCUT2D eigenvalue weighted by atomic mass is 10.2. The van der Waals surface area contributed by atoms with Crippen molar-refractivity contribution < 1.29 is 27.6 Å². The van der Waals surface area contributed by atoms with Crippen LogP contribution in [0.3, 0.4) is 0 Å². The van der Waals surface area contributed by atoms with Crippen LogP contribution in [0.15, 0.2) is 18.2 Å². The first-order chi connectivity index (χ1) is 9.60. The lowest BCUT2D eigenvalue weighted by Gasteiger charge is -2.14. The Morgan fingerprint density at radius 1 is 1.48 bits per heavy atom. The monoisotopic (exact) mass is 306 g/mol. The number of ether oxygens (including phenoxy) is 1. The SMILES string of the molecule is Cc1ccc(NC(=O)C(C)OCC(F)(F)F)cc1[N+](=O)[O-]. The molecule has 0 heterocycles. The van der Waals surface area contributed by atoms with Gasteiger partial charge in [-0.25, -0.2) is 0 Å². The molecule has 0 spiro atoms. The summed E-state index contributed by atoms with van der Waals surface area (Å²) in [4.78, 5) is 21.8. The molecule has 0 aliphatic heterocycles. The van der Waals surface area contributed by atoms with Crippen LogP contribution in [0.4, 0.5) is 24.5 Å². The Kier molecular flexibility index (Phi) is 5.25. The summed E-state index contributed by atoms with van der Waals surface area (Å²) >= 11 is 0. The fraction of sp³-hybridized carbons (Fsp3) is 0.417. The summed E-state index contributed by atoms with van der Waals surface area (Å²) in [5.74, 6) is -0.822. The first-order valence-electron chi connectivity index (χ1n) is 5.84. The van der Waals surface area contributed by atoms with Crippen molar-refractivity contribution in [2.45, 2.75) is 26.1 Å². The molecule has 6 nitrogen and oxygen atoms in total. The quantitative estimate of drug-likeness (QED) is 0.670. The number of nitro groups is 1. The van der Waals surface area contributed by atoms with Crippen molar-refractivity contribution in [2.75, 3.05) is 11.9 Å². The maximum absolute atomic E-state index is 12.0. The first kappa shape index (κ1) is 16.9. The molecule has 116 valence electrons. The lowest BCUT2D eigenvalue weighted by Crippen LogP contribution is -2.31. The van der Waals surface area contributed by atoms with Gasteiger partial charge in [0.25, 0.3) is 11.6 Å². The molecule has 0 bridgehead atoms. The van der Waals surface area contributed by atoms with Gasteiger partial charge in [0.15, 0.2) is 0 Å². The van der Waals surface area contributed by atoms with Crippen LogP contribution >= 0.6 is 0 Å². The third kappa shape index (κ3) is 5.38. The molecule has 0 aliphatic carbocycles. The van der Waals surface area contributed by atoms with Gasteiger partial charge in [-0.15, -0.1) is 0 Å². The lowest BCUT2D eigenvalue weighted by molar-refractivity contribution is -0.385. The van der Waals surface area contributed by atoms with E-state index in [2.05, 4.69) is 10.1 Å². The number of hydrogen-bond donors (Lipinski definition) is 1. The zero-order valence-corrected chi connectivity index (χ0v) is 11.2. The van der Waals surface area contributed by atoms with Crippen LogP contribution < -0.4 is 5.32 Å². The van der Waals surface area contributed by atoms with Gasteiger partial charge in [0.05, 0.1) is 4.92 Å². The topological polar surface area (TPSA) is 81.5 Å². The summed E-state index contributed by atoms with van der Waals surface area (Å²) in [6.45, 7) is 1.14. The average Bonchev–Trinajstić information content (AvgIpc) is 2.36. The van der Waals surface area contributed by atoms with E-state index >= 15 is 0 Å². The molecule has 1 N–H and O–H groups in total. The zero-order chi connectivity index (χ0) is 16.2. The molecule has 1 aromatic carbocycles. The first-order valence-corrected chi connectivity index (χ1v) is 5.84. The second-order valence-corrected chi connectivity index (χ2v) is 4.32. The van der Waals surface area contributed by atoms with Gasteiger partial charge in [-0.2, -0.15) is 13.2 Å². The third-order valence-electron chi connectivity index (χ3n) is 2.54. The van der Waals surface area contributed by atoms with Crippen molar-refractivity contribution in [3.8, 4) is 0 Å². The van der Waals surface area contributed by atoms with Crippen LogP contribution in [0.5, 0.6) is 0 Å². The number of amides is 1. The summed E-state index contributed by atoms with van der Waals surface area (Å²) in [6, 6.07) is 3.97. The number of alkyl halides is 3. The highest BCUT2D eigenvalue weighted by Gasteiger charge is 2.30. The number of halogens is 3. The summed E-state index contributed by atoms with van der Waals surface area (Å²) in [5.41, 5.74) is 0.316. The van der Waals surface area contributed by atoms with E-state index in [1.54, 1.807) is 0 Å². The maximum Gasteiger partial charge on any atom is 0.411 e. The smallest absolute Gasteiger partial charge is 0.359 e. The summed E-state index contributed by atoms with van der Waals surface area (Å²) in [7, 11) is 0. The van der Waals surface area contributed by atoms with Gasteiger partial charge in [0.2, 0.25) is 0 Å². The molecule has 1 rings (SSSR count). The van der Waals surface area contributed by atoms with Crippen LogP contribution in [-0.2, 0) is 9.53 Å². The van der Waals surface area contributed by atoms with Crippen LogP contribution in [0.25, 0.3) is 0 Å². The third-order valence-corrected chi connectivity index (χ3v) is 2.54. The Morgan fingerprint density at radius 3 is 2.62 bits per heavy atom. The van der Waals surface area contributed by atoms with Gasteiger partial charge in [-0.05, 0) is 19.9 Å². The number of nitro benzene ring substituents is 1. The van der Waals surface area contributed by atoms with Crippen molar-refractivity contribution in [3.05, 3.63) is 33.9 Å². The Hall–Kier alpha value is -2.16. The minimum absolute atomic E-state index is 0.111. The van der Waals surface area contributed by atoms with Gasteiger partial charge in [-0.1, -0.05) is 6.07 Å². The fourth-order valence-electron chi connectivity index (χ4n) is 1.42. The molecule has 1 amide bonds. The number of nitrogens with zero attached hydrogens (tertiary/aromatic N) is 1. The van der Waals surface area contributed by atoms with Crippen molar-refractivity contribution in [2.24, 2.45) is 0 Å². The van der Waals surface area contributed by atoms with Crippen LogP contribution in [0.2, 0.25) is 0 Å². The molecule has 1 atom stereocenters. The summed E-state index contributed by atoms with van der Waals surface area (Å²) < 4.78 is 40.3. The molecule has 0 aromatic heterocycles. The van der Waals surface area contributed by atoms with E-state index < -0.39 is 29.7 Å². The van der Waals surface area contributed by atoms with Gasteiger partial charge in [-0.3, -0.25) is 14.9 Å². The van der Waals surface area contributed by atoms with Crippen molar-refractivity contribution >= 4 is 17.3 Å². The number of rotatable bonds is 5. The molecule has 0 radical (unpaired) electrons. The molecule has 0 fully saturated rings. The van der Waals surface area contributed by atoms with Crippen LogP contribution in [-0.4, -0.2) is 29.7 Å². The highest BCUT2D eigenvalue weighted by molar-refractivity contribution is 5.94. The number of hydrogen-bond acceptors (Lipinski definition) is 4. The fourth-order valence-corrected chi connectivity index (χ4v) is 1.42. The Labute approximate surface area is 118 Å². The number of benzene rings is 1. The predicted molar refractivity (Wildman–Crippen MR) is 67.9 cm³/mol. The Balaban J connectivity index is 2.70. The molecule has 1 unspecified atom stereocenters. The molecule has 1 aromatic rings. The van der Waals surface area contributed by atoms with Crippen molar-refractivity contribution in [1.82, 2.24) is 0 Å². The number of anilines is 1. The zero-order valence-electron chi connectivity index (χ0n) is 11.2. The average molecular weight is 306 g/mol. The Bertz CT molecular complexity index is 546. The summed E-state index contributed by atoms with van der Waals surface area (Å²) in [6.07, 6.45) is -5.87. The molecule has 0 aliphatic rings. The molecule has 0 saturated carbocycles. The maximum atomic E-state index is 12.0. The van der Waals surface area contributed by atoms with Crippen LogP contribution in [0, 0.1) is 17.0 Å². The van der Waals surface area contributed by atoms with Crippen molar-refractivity contribution in [1.29, 1.82) is 0 Å². The second-order valence-electron chi connectivity index (χ2n) is 4.32. The van der Waals surface area contributed by atoms with Gasteiger partial charge in [0.1, 0.15) is 12.7 Å². The van der Waals surface area contributed by atoms with E-state index in [9.17, 15) is 28.1 Å². The van der Waals surface area contributed by atoms with E-state index in [1.165, 1.54) is 19.1 Å². The van der Waals surface area contributed by atoms with E-state index in [0.29, 0.717) is 5.56 Å². The van der Waals surface area contributed by atoms with Gasteiger partial charge >= 0.3 is 6.18 Å². The van der Waals surface area contributed by atoms with Crippen LogP contribution in [0.1, 0.15) is 12.5 Å². The highest BCUT2D eigenvalue weighted by atomic mass is 19.4. The Morgan fingerprint density at radius 2 is 2.10 bits per heavy atom. The van der Waals surface area contributed by atoms with Gasteiger partial charge in [0, 0.05) is 17.3 Å². The van der Waals surface area contributed by atoms with E-state index in [1.807, 2.05) is 0 Å². The molecule has 9 heteroatoms. The van der Waals surface area contributed by atoms with E-state index in [4.69, 9.17) is 0 Å². The normalized spacial score (nSPS) is 12.8. The minimum atomic E-state index is -4.53. The largest absolute Gasteiger partial charge is 0.411 e. The summed E-state index contributed by atoms with van der Waals surface area (Å²) in [5, 5.41) is 13.0. The minimum Gasteiger partial charge on any atom is -0.359 e. The molecule has 21 heavy (non-hydrogen) atoms. The molecular weight excluding hydrogens is 293 g/mol. The standard InChI is InChI=1S/C12H13F3N2O4/c1-7-3-4-9(5-10(7)17(19)20)16-11(18)8(2)21-6-12(13,14)15/h3-5,8H,6H2,1-2H3,(H,16,18). The number of carbonyl (C=O) groups excluding carboxylic acids is 1. The number of nitrogens with one attached hydrogen (secondary N) is 1. The predicted octanol–water partition coefficient (Wildman–Crippen LogP) is 2.81. The number of carbonyl (C=O) groups is 1. The number of aryl methyl sites for hydroxylation is 1. The van der Waals surface area contributed by atoms with E-state index in [0.717, 1.165) is 13.0 Å². The molecular formula is C12H13F3N2O4. The molecule has 0 saturated heterocycles. The highest BCUT2D eigenvalue weighted by Crippen LogP contribution is 2.22. The second kappa shape index (κ2) is 6.53. The van der Waals surface area contributed by atoms with E-state index in [-0.39, 0.29) is 11.4 Å². The van der Waals surface area contributed by atoms with Crippen molar-refractivity contribution in [3.63, 3.8) is 0 Å². The van der Waals surface area contributed by atoms with Gasteiger partial charge < -0.3 is 10.1 Å².